The third-order valence-electron chi connectivity index (χ3n) is 5.30. The van der Waals surface area contributed by atoms with Crippen molar-refractivity contribution in [3.05, 3.63) is 35.9 Å². The highest BCUT2D eigenvalue weighted by Gasteiger charge is 2.30. The van der Waals surface area contributed by atoms with Crippen LogP contribution in [0.5, 0.6) is 0 Å². The third kappa shape index (κ3) is 12.4. The van der Waals surface area contributed by atoms with E-state index in [-0.39, 0.29) is 50.4 Å². The molecule has 0 saturated carbocycles. The molecule has 1 aromatic rings. The summed E-state index contributed by atoms with van der Waals surface area (Å²) in [4.78, 5) is 64.5. The van der Waals surface area contributed by atoms with Crippen LogP contribution in [-0.2, 0) is 30.4 Å². The molecule has 3 amide bonds. The van der Waals surface area contributed by atoms with Crippen molar-refractivity contribution in [2.45, 2.75) is 56.3 Å². The minimum absolute atomic E-state index is 0.0337. The molecule has 0 radical (unpaired) electrons. The minimum Gasteiger partial charge on any atom is -0.481 e. The summed E-state index contributed by atoms with van der Waals surface area (Å²) >= 11 is 4.10. The second-order valence-electron chi connectivity index (χ2n) is 8.38. The molecule has 38 heavy (non-hydrogen) atoms. The molecule has 0 aliphatic rings. The number of benzene rings is 1. The number of rotatable bonds is 17. The first-order valence-corrected chi connectivity index (χ1v) is 12.4. The van der Waals surface area contributed by atoms with Crippen LogP contribution in [-0.4, -0.2) is 82.3 Å². The van der Waals surface area contributed by atoms with Crippen LogP contribution in [0.3, 0.4) is 0 Å². The van der Waals surface area contributed by atoms with Gasteiger partial charge in [-0.15, -0.1) is 0 Å². The normalized spacial score (nSPS) is 13.7. The number of carboxylic acids is 2. The highest BCUT2D eigenvalue weighted by atomic mass is 32.1. The fraction of sp³-hybridized carbons (Fsp3) is 0.478. The summed E-state index contributed by atoms with van der Waals surface area (Å²) in [5.41, 5.74) is 16.9. The van der Waals surface area contributed by atoms with Crippen LogP contribution < -0.4 is 33.2 Å². The lowest BCUT2D eigenvalue weighted by Gasteiger charge is -2.24. The molecule has 14 nitrogen and oxygen atoms in total. The van der Waals surface area contributed by atoms with Crippen LogP contribution in [0.25, 0.3) is 0 Å². The quantitative estimate of drug-likeness (QED) is 0.0441. The van der Waals surface area contributed by atoms with Gasteiger partial charge in [-0.3, -0.25) is 24.2 Å². The molecule has 210 valence electrons. The van der Waals surface area contributed by atoms with E-state index in [0.717, 1.165) is 0 Å². The fourth-order valence-electron chi connectivity index (χ4n) is 3.25. The van der Waals surface area contributed by atoms with Gasteiger partial charge in [-0.1, -0.05) is 30.3 Å². The number of aliphatic carboxylic acids is 2. The molecule has 11 N–H and O–H groups in total. The first-order valence-electron chi connectivity index (χ1n) is 11.8. The molecule has 4 unspecified atom stereocenters. The van der Waals surface area contributed by atoms with E-state index in [0.29, 0.717) is 5.56 Å². The number of nitrogens with one attached hydrogen (secondary N) is 3. The molecular formula is C23H35N7O7S. The number of guanidine groups is 1. The van der Waals surface area contributed by atoms with E-state index in [1.54, 1.807) is 30.3 Å². The lowest BCUT2D eigenvalue weighted by atomic mass is 10.0. The van der Waals surface area contributed by atoms with Crippen LogP contribution in [0.4, 0.5) is 0 Å². The Kier molecular flexibility index (Phi) is 14.2. The maximum absolute atomic E-state index is 13.1. The second kappa shape index (κ2) is 16.8. The van der Waals surface area contributed by atoms with Gasteiger partial charge in [0.05, 0.1) is 6.04 Å². The highest BCUT2D eigenvalue weighted by molar-refractivity contribution is 7.80. The zero-order chi connectivity index (χ0) is 28.7. The van der Waals surface area contributed by atoms with Gasteiger partial charge in [0.15, 0.2) is 5.96 Å². The van der Waals surface area contributed by atoms with Gasteiger partial charge in [-0.05, 0) is 24.8 Å². The van der Waals surface area contributed by atoms with E-state index in [1.807, 2.05) is 0 Å². The average Bonchev–Trinajstić information content (AvgIpc) is 2.86. The third-order valence-corrected chi connectivity index (χ3v) is 5.66. The second-order valence-corrected chi connectivity index (χ2v) is 8.75. The van der Waals surface area contributed by atoms with Crippen molar-refractivity contribution in [2.75, 3.05) is 12.3 Å². The van der Waals surface area contributed by atoms with Crippen LogP contribution >= 0.6 is 12.6 Å². The SMILES string of the molecule is NC(N)=NCCCC(NC(=O)C(CS)NC(=O)C(Cc1ccccc1)NC(=O)C(N)CCC(=O)O)C(=O)O. The predicted molar refractivity (Wildman–Crippen MR) is 142 cm³/mol. The standard InChI is InChI=1S/C23H35N7O7S/c24-14(8-9-18(31)32)19(33)29-16(11-13-5-2-1-3-6-13)20(34)30-17(12-38)21(35)28-15(22(36)37)7-4-10-27-23(25)26/h1-3,5-6,14-17,38H,4,7-12,24H2,(H,28,35)(H,29,33)(H,30,34)(H,31,32)(H,36,37)(H4,25,26,27). The lowest BCUT2D eigenvalue weighted by Crippen LogP contribution is -2.58. The Balaban J connectivity index is 2.92. The lowest BCUT2D eigenvalue weighted by molar-refractivity contribution is -0.142. The Labute approximate surface area is 225 Å². The van der Waals surface area contributed by atoms with E-state index in [2.05, 4.69) is 33.6 Å². The number of aliphatic imine (C=N–C) groups is 1. The van der Waals surface area contributed by atoms with Gasteiger partial charge in [0.1, 0.15) is 18.1 Å². The van der Waals surface area contributed by atoms with Crippen LogP contribution in [0.15, 0.2) is 35.3 Å². The Morgan fingerprint density at radius 1 is 0.868 bits per heavy atom. The maximum atomic E-state index is 13.1. The summed E-state index contributed by atoms with van der Waals surface area (Å²) in [5, 5.41) is 25.6. The van der Waals surface area contributed by atoms with Gasteiger partial charge in [0.25, 0.3) is 0 Å². The monoisotopic (exact) mass is 553 g/mol. The number of carboxylic acid groups (broad SMARTS) is 2. The number of nitrogens with zero attached hydrogens (tertiary/aromatic N) is 1. The largest absolute Gasteiger partial charge is 0.481 e. The van der Waals surface area contributed by atoms with Gasteiger partial charge in [0.2, 0.25) is 17.7 Å². The van der Waals surface area contributed by atoms with Gasteiger partial charge in [0, 0.05) is 25.1 Å². The molecule has 0 aliphatic carbocycles. The molecule has 1 rings (SSSR count). The minimum atomic E-state index is -1.28. The van der Waals surface area contributed by atoms with Crippen LogP contribution in [0.1, 0.15) is 31.2 Å². The van der Waals surface area contributed by atoms with E-state index >= 15 is 0 Å². The first-order chi connectivity index (χ1) is 17.9. The molecule has 4 atom stereocenters. The van der Waals surface area contributed by atoms with Crippen molar-refractivity contribution in [3.8, 4) is 0 Å². The highest BCUT2D eigenvalue weighted by Crippen LogP contribution is 2.06. The summed E-state index contributed by atoms with van der Waals surface area (Å²) in [5.74, 6) is -4.96. The number of nitrogens with two attached hydrogens (primary N) is 3. The zero-order valence-corrected chi connectivity index (χ0v) is 21.6. The molecule has 0 aromatic heterocycles. The molecule has 0 fully saturated rings. The van der Waals surface area contributed by atoms with Gasteiger partial charge < -0.3 is 43.4 Å². The van der Waals surface area contributed by atoms with E-state index in [4.69, 9.17) is 22.3 Å². The van der Waals surface area contributed by atoms with Crippen LogP contribution in [0.2, 0.25) is 0 Å². The molecule has 0 spiro atoms. The molecule has 15 heteroatoms. The Morgan fingerprint density at radius 2 is 1.45 bits per heavy atom. The predicted octanol–water partition coefficient (Wildman–Crippen LogP) is -2.06. The fourth-order valence-corrected chi connectivity index (χ4v) is 3.50. The number of thiol groups is 1. The Morgan fingerprint density at radius 3 is 2.00 bits per heavy atom. The van der Waals surface area contributed by atoms with E-state index in [1.165, 1.54) is 0 Å². The Hall–Kier alpha value is -3.85. The van der Waals surface area contributed by atoms with E-state index in [9.17, 15) is 29.1 Å². The number of carbonyl (C=O) groups is 5. The van der Waals surface area contributed by atoms with Crippen molar-refractivity contribution >= 4 is 48.2 Å². The smallest absolute Gasteiger partial charge is 0.326 e. The number of hydrogen-bond acceptors (Lipinski definition) is 8. The molecule has 1 aromatic carbocycles. The summed E-state index contributed by atoms with van der Waals surface area (Å²) in [7, 11) is 0. The van der Waals surface area contributed by atoms with Crippen molar-refractivity contribution < 1.29 is 34.2 Å². The maximum Gasteiger partial charge on any atom is 0.326 e. The number of amides is 3. The molecule has 0 saturated heterocycles. The molecule has 0 aliphatic heterocycles. The van der Waals surface area contributed by atoms with Crippen molar-refractivity contribution in [2.24, 2.45) is 22.2 Å². The molecular weight excluding hydrogens is 518 g/mol. The van der Waals surface area contributed by atoms with Crippen LogP contribution in [0, 0.1) is 0 Å². The Bertz CT molecular complexity index is 990. The summed E-state index contributed by atoms with van der Waals surface area (Å²) < 4.78 is 0. The summed E-state index contributed by atoms with van der Waals surface area (Å²) in [6, 6.07) is 3.92. The average molecular weight is 554 g/mol. The van der Waals surface area contributed by atoms with Gasteiger partial charge >= 0.3 is 11.9 Å². The first kappa shape index (κ1) is 32.2. The van der Waals surface area contributed by atoms with Crippen molar-refractivity contribution in [1.29, 1.82) is 0 Å². The molecule has 0 bridgehead atoms. The van der Waals surface area contributed by atoms with E-state index < -0.39 is 53.8 Å². The zero-order valence-electron chi connectivity index (χ0n) is 20.7. The van der Waals surface area contributed by atoms with Gasteiger partial charge in [-0.25, -0.2) is 4.79 Å². The van der Waals surface area contributed by atoms with Gasteiger partial charge in [-0.2, -0.15) is 12.6 Å². The van der Waals surface area contributed by atoms with Crippen molar-refractivity contribution in [3.63, 3.8) is 0 Å². The summed E-state index contributed by atoms with van der Waals surface area (Å²) in [6.07, 6.45) is -0.106. The number of carbonyl (C=O) groups excluding carboxylic acids is 3. The summed E-state index contributed by atoms with van der Waals surface area (Å²) in [6.45, 7) is 0.171. The number of hydrogen-bond donors (Lipinski definition) is 9. The topological polar surface area (TPSA) is 252 Å². The molecule has 0 heterocycles. The van der Waals surface area contributed by atoms with Crippen molar-refractivity contribution in [1.82, 2.24) is 16.0 Å².